The van der Waals surface area contributed by atoms with Crippen LogP contribution in [0.1, 0.15) is 5.56 Å². The van der Waals surface area contributed by atoms with Gasteiger partial charge in [0, 0.05) is 30.2 Å². The molecule has 122 valence electrons. The molecule has 0 spiro atoms. The molecule has 0 amide bonds. The molecule has 0 aliphatic carbocycles. The van der Waals surface area contributed by atoms with Crippen molar-refractivity contribution in [1.82, 2.24) is 4.57 Å². The topological polar surface area (TPSA) is 45.5 Å². The third-order valence-electron chi connectivity index (χ3n) is 3.99. The molecule has 0 bridgehead atoms. The van der Waals surface area contributed by atoms with Gasteiger partial charge in [-0.3, -0.25) is 4.79 Å². The summed E-state index contributed by atoms with van der Waals surface area (Å²) in [5.74, 6) is -0.127. The molecule has 0 saturated heterocycles. The van der Waals surface area contributed by atoms with E-state index in [0.29, 0.717) is 15.9 Å². The van der Waals surface area contributed by atoms with E-state index < -0.39 is 0 Å². The number of rotatable bonds is 2. The SMILES string of the molecule is CN(C(=S)c1c(O)c2ccc(Cl)cc2n(C)c1=O)c1ccccc1. The third-order valence-corrected chi connectivity index (χ3v) is 4.71. The number of para-hydroxylation sites is 1. The number of halogens is 1. The molecular formula is C18H15ClN2O2S. The van der Waals surface area contributed by atoms with Gasteiger partial charge < -0.3 is 14.6 Å². The summed E-state index contributed by atoms with van der Waals surface area (Å²) in [6.07, 6.45) is 0. The molecule has 2 aromatic carbocycles. The minimum absolute atomic E-state index is 0.105. The molecule has 3 rings (SSSR count). The molecule has 1 heterocycles. The fraction of sp³-hybridized carbons (Fsp3) is 0.111. The van der Waals surface area contributed by atoms with E-state index in [1.54, 1.807) is 37.2 Å². The molecule has 0 radical (unpaired) electrons. The van der Waals surface area contributed by atoms with E-state index in [4.69, 9.17) is 23.8 Å². The number of benzene rings is 2. The molecule has 0 aliphatic heterocycles. The second kappa shape index (κ2) is 6.26. The van der Waals surface area contributed by atoms with Crippen LogP contribution in [0.15, 0.2) is 53.3 Å². The van der Waals surface area contributed by atoms with Crippen LogP contribution in [0.5, 0.6) is 5.75 Å². The van der Waals surface area contributed by atoms with Crippen LogP contribution in [0.25, 0.3) is 10.9 Å². The summed E-state index contributed by atoms with van der Waals surface area (Å²) >= 11 is 11.5. The maximum atomic E-state index is 12.7. The summed E-state index contributed by atoms with van der Waals surface area (Å²) in [4.78, 5) is 14.7. The van der Waals surface area contributed by atoms with Crippen LogP contribution in [0.4, 0.5) is 5.69 Å². The van der Waals surface area contributed by atoms with E-state index in [1.165, 1.54) is 4.57 Å². The van der Waals surface area contributed by atoms with Crippen molar-refractivity contribution in [1.29, 1.82) is 0 Å². The Hall–Kier alpha value is -2.37. The van der Waals surface area contributed by atoms with E-state index in [1.807, 2.05) is 30.3 Å². The van der Waals surface area contributed by atoms with Crippen molar-refractivity contribution in [3.05, 3.63) is 69.5 Å². The number of nitrogens with zero attached hydrogens (tertiary/aromatic N) is 2. The van der Waals surface area contributed by atoms with Crippen molar-refractivity contribution in [2.24, 2.45) is 7.05 Å². The molecule has 3 aromatic rings. The maximum Gasteiger partial charge on any atom is 0.264 e. The van der Waals surface area contributed by atoms with E-state index in [-0.39, 0.29) is 21.9 Å². The lowest BCUT2D eigenvalue weighted by Crippen LogP contribution is -2.33. The summed E-state index contributed by atoms with van der Waals surface area (Å²) < 4.78 is 1.45. The molecule has 0 fully saturated rings. The maximum absolute atomic E-state index is 12.7. The minimum Gasteiger partial charge on any atom is -0.506 e. The molecule has 6 heteroatoms. The van der Waals surface area contributed by atoms with Gasteiger partial charge in [-0.25, -0.2) is 0 Å². The van der Waals surface area contributed by atoms with Gasteiger partial charge in [0.15, 0.2) is 0 Å². The molecule has 0 atom stereocenters. The molecule has 1 aromatic heterocycles. The highest BCUT2D eigenvalue weighted by atomic mass is 35.5. The molecule has 4 nitrogen and oxygen atoms in total. The minimum atomic E-state index is -0.366. The Kier molecular flexibility index (Phi) is 4.30. The van der Waals surface area contributed by atoms with Crippen molar-refractivity contribution in [3.63, 3.8) is 0 Å². The van der Waals surface area contributed by atoms with Crippen molar-refractivity contribution in [2.45, 2.75) is 0 Å². The number of aromatic nitrogens is 1. The second-order valence-corrected chi connectivity index (χ2v) is 6.27. The van der Waals surface area contributed by atoms with Gasteiger partial charge in [-0.2, -0.15) is 0 Å². The van der Waals surface area contributed by atoms with Crippen LogP contribution in [-0.2, 0) is 7.05 Å². The lowest BCUT2D eigenvalue weighted by Gasteiger charge is -2.21. The second-order valence-electron chi connectivity index (χ2n) is 5.45. The van der Waals surface area contributed by atoms with Crippen molar-refractivity contribution in [2.75, 3.05) is 11.9 Å². The van der Waals surface area contributed by atoms with Gasteiger partial charge in [0.2, 0.25) is 0 Å². The molecule has 1 N–H and O–H groups in total. The summed E-state index contributed by atoms with van der Waals surface area (Å²) in [6, 6.07) is 14.4. The fourth-order valence-corrected chi connectivity index (χ4v) is 3.08. The van der Waals surface area contributed by atoms with Gasteiger partial charge in [0.1, 0.15) is 16.3 Å². The summed E-state index contributed by atoms with van der Waals surface area (Å²) in [5, 5.41) is 11.7. The number of anilines is 1. The molecule has 24 heavy (non-hydrogen) atoms. The normalized spacial score (nSPS) is 10.8. The Bertz CT molecular complexity index is 999. The predicted molar refractivity (Wildman–Crippen MR) is 102 cm³/mol. The summed E-state index contributed by atoms with van der Waals surface area (Å²) in [5.41, 5.74) is 1.13. The number of pyridine rings is 1. The molecule has 0 aliphatic rings. The zero-order chi connectivity index (χ0) is 17.4. The fourth-order valence-electron chi connectivity index (χ4n) is 2.62. The van der Waals surface area contributed by atoms with Crippen LogP contribution in [0.2, 0.25) is 5.02 Å². The highest BCUT2D eigenvalue weighted by Crippen LogP contribution is 2.29. The average Bonchev–Trinajstić information content (AvgIpc) is 2.59. The van der Waals surface area contributed by atoms with Gasteiger partial charge >= 0.3 is 0 Å². The number of thiocarbonyl (C=S) groups is 1. The quantitative estimate of drug-likeness (QED) is 0.709. The molecular weight excluding hydrogens is 344 g/mol. The average molecular weight is 359 g/mol. The largest absolute Gasteiger partial charge is 0.506 e. The van der Waals surface area contributed by atoms with E-state index >= 15 is 0 Å². The Balaban J connectivity index is 2.21. The third kappa shape index (κ3) is 2.66. The highest BCUT2D eigenvalue weighted by Gasteiger charge is 2.21. The van der Waals surface area contributed by atoms with Crippen LogP contribution in [0.3, 0.4) is 0 Å². The number of hydrogen-bond acceptors (Lipinski definition) is 3. The van der Waals surface area contributed by atoms with Crippen LogP contribution >= 0.6 is 23.8 Å². The smallest absolute Gasteiger partial charge is 0.264 e. The number of fused-ring (bicyclic) bond motifs is 1. The van der Waals surface area contributed by atoms with E-state index in [9.17, 15) is 9.90 Å². The Morgan fingerprint density at radius 1 is 1.21 bits per heavy atom. The zero-order valence-electron chi connectivity index (χ0n) is 13.2. The van der Waals surface area contributed by atoms with Crippen molar-refractivity contribution in [3.8, 4) is 5.75 Å². The number of hydrogen-bond donors (Lipinski definition) is 1. The molecule has 0 unspecified atom stereocenters. The van der Waals surface area contributed by atoms with E-state index in [0.717, 1.165) is 5.69 Å². The molecule has 0 saturated carbocycles. The Labute approximate surface area is 149 Å². The van der Waals surface area contributed by atoms with Gasteiger partial charge in [-0.05, 0) is 30.3 Å². The monoisotopic (exact) mass is 358 g/mol. The summed E-state index contributed by atoms with van der Waals surface area (Å²) in [6.45, 7) is 0. The van der Waals surface area contributed by atoms with Crippen LogP contribution in [-0.4, -0.2) is 21.7 Å². The number of aryl methyl sites for hydroxylation is 1. The van der Waals surface area contributed by atoms with Gasteiger partial charge in [-0.15, -0.1) is 0 Å². The standard InChI is InChI=1S/C18H15ClN2O2S/c1-20(12-6-4-3-5-7-12)18(24)15-16(22)13-9-8-11(19)10-14(13)21(2)17(15)23/h3-10,22H,1-2H3. The first kappa shape index (κ1) is 16.5. The highest BCUT2D eigenvalue weighted by molar-refractivity contribution is 7.81. The lowest BCUT2D eigenvalue weighted by molar-refractivity contribution is 0.478. The van der Waals surface area contributed by atoms with E-state index in [2.05, 4.69) is 0 Å². The van der Waals surface area contributed by atoms with Gasteiger partial charge in [0.05, 0.1) is 5.52 Å². The zero-order valence-corrected chi connectivity index (χ0v) is 14.7. The Morgan fingerprint density at radius 2 is 1.88 bits per heavy atom. The van der Waals surface area contributed by atoms with Crippen LogP contribution < -0.4 is 10.5 Å². The first-order valence-corrected chi connectivity index (χ1v) is 8.04. The lowest BCUT2D eigenvalue weighted by atomic mass is 10.1. The van der Waals surface area contributed by atoms with Gasteiger partial charge in [-0.1, -0.05) is 42.0 Å². The van der Waals surface area contributed by atoms with Gasteiger partial charge in [0.25, 0.3) is 5.56 Å². The summed E-state index contributed by atoms with van der Waals surface area (Å²) in [7, 11) is 3.40. The van der Waals surface area contributed by atoms with Crippen molar-refractivity contribution >= 4 is 45.4 Å². The number of aromatic hydroxyl groups is 1. The predicted octanol–water partition coefficient (Wildman–Crippen LogP) is 3.71. The first-order chi connectivity index (χ1) is 11.4. The van der Waals surface area contributed by atoms with Crippen LogP contribution in [0, 0.1) is 0 Å². The Morgan fingerprint density at radius 3 is 2.54 bits per heavy atom. The first-order valence-electron chi connectivity index (χ1n) is 7.26. The van der Waals surface area contributed by atoms with Crippen molar-refractivity contribution < 1.29 is 5.11 Å².